The monoisotopic (exact) mass is 315 g/mol. The Balaban J connectivity index is 1.91. The topological polar surface area (TPSA) is 76.4 Å². The third kappa shape index (κ3) is 2.35. The summed E-state index contributed by atoms with van der Waals surface area (Å²) in [6.45, 7) is 9.37. The number of hydrogen-bond donors (Lipinski definition) is 1. The Morgan fingerprint density at radius 3 is 2.52 bits per heavy atom. The highest BCUT2D eigenvalue weighted by atomic mass is 16.4. The smallest absolute Gasteiger partial charge is 0.336 e. The number of carbonyl (C=O) groups excluding carboxylic acids is 2. The molecule has 0 aliphatic heterocycles. The largest absolute Gasteiger partial charge is 0.427 e. The molecule has 0 aromatic carbocycles. The van der Waals surface area contributed by atoms with Gasteiger partial charge in [-0.2, -0.15) is 0 Å². The molecule has 1 aromatic heterocycles. The number of ketones is 1. The summed E-state index contributed by atoms with van der Waals surface area (Å²) in [5, 5.41) is 2.82. The second kappa shape index (κ2) is 4.91. The Morgan fingerprint density at radius 2 is 1.96 bits per heavy atom. The van der Waals surface area contributed by atoms with Crippen LogP contribution in [0.1, 0.15) is 48.9 Å². The van der Waals surface area contributed by atoms with E-state index in [0.29, 0.717) is 29.2 Å². The molecule has 5 heteroatoms. The maximum Gasteiger partial charge on any atom is 0.336 e. The summed E-state index contributed by atoms with van der Waals surface area (Å²) < 4.78 is 5.00. The molecule has 122 valence electrons. The maximum atomic E-state index is 12.5. The fourth-order valence-electron chi connectivity index (χ4n) is 4.02. The van der Waals surface area contributed by atoms with Gasteiger partial charge in [0.05, 0.1) is 5.56 Å². The summed E-state index contributed by atoms with van der Waals surface area (Å²) >= 11 is 0. The van der Waals surface area contributed by atoms with E-state index in [2.05, 4.69) is 19.2 Å². The third-order valence-electron chi connectivity index (χ3n) is 5.33. The van der Waals surface area contributed by atoms with Crippen LogP contribution >= 0.6 is 0 Å². The lowest BCUT2D eigenvalue weighted by atomic mass is 9.95. The molecule has 0 radical (unpaired) electrons. The first-order valence-corrected chi connectivity index (χ1v) is 7.81. The van der Waals surface area contributed by atoms with Crippen LogP contribution in [0.2, 0.25) is 0 Å². The number of rotatable bonds is 2. The Labute approximate surface area is 134 Å². The molecule has 2 fully saturated rings. The van der Waals surface area contributed by atoms with Crippen molar-refractivity contribution in [1.82, 2.24) is 5.32 Å². The molecule has 2 saturated carbocycles. The molecule has 2 unspecified atom stereocenters. The van der Waals surface area contributed by atoms with Crippen LogP contribution in [0.4, 0.5) is 0 Å². The van der Waals surface area contributed by atoms with E-state index in [1.165, 1.54) is 6.07 Å². The Morgan fingerprint density at radius 1 is 1.30 bits per heavy atom. The van der Waals surface area contributed by atoms with Crippen LogP contribution in [-0.4, -0.2) is 11.7 Å². The average molecular weight is 315 g/mol. The van der Waals surface area contributed by atoms with Crippen LogP contribution in [0.15, 0.2) is 26.5 Å². The number of carbonyl (C=O) groups is 2. The molecule has 0 spiro atoms. The number of fused-ring (bicyclic) bond motifs is 1. The van der Waals surface area contributed by atoms with Crippen molar-refractivity contribution >= 4 is 11.7 Å². The normalized spacial score (nSPS) is 26.7. The Kier molecular flexibility index (Phi) is 3.36. The van der Waals surface area contributed by atoms with E-state index in [4.69, 9.17) is 4.42 Å². The number of allylic oxidation sites excluding steroid dienone is 2. The molecule has 0 bridgehead atoms. The Hall–Kier alpha value is -2.17. The van der Waals surface area contributed by atoms with E-state index >= 15 is 0 Å². The maximum absolute atomic E-state index is 12.5. The molecule has 5 nitrogen and oxygen atoms in total. The van der Waals surface area contributed by atoms with Crippen LogP contribution in [0.25, 0.3) is 0 Å². The van der Waals surface area contributed by atoms with Gasteiger partial charge < -0.3 is 9.73 Å². The van der Waals surface area contributed by atoms with Crippen molar-refractivity contribution in [1.29, 1.82) is 0 Å². The van der Waals surface area contributed by atoms with Crippen LogP contribution < -0.4 is 10.9 Å². The lowest BCUT2D eigenvalue weighted by Crippen LogP contribution is -2.27. The highest BCUT2D eigenvalue weighted by Gasteiger charge is 2.65. The lowest BCUT2D eigenvalue weighted by molar-refractivity contribution is -0.115. The van der Waals surface area contributed by atoms with Gasteiger partial charge in [0.15, 0.2) is 5.78 Å². The Bertz CT molecular complexity index is 787. The highest BCUT2D eigenvalue weighted by Crippen LogP contribution is 2.68. The summed E-state index contributed by atoms with van der Waals surface area (Å²) in [6, 6.07) is 1.30. The lowest BCUT2D eigenvalue weighted by Gasteiger charge is -2.14. The van der Waals surface area contributed by atoms with Crippen molar-refractivity contribution in [2.75, 3.05) is 0 Å². The van der Waals surface area contributed by atoms with Crippen molar-refractivity contribution in [2.45, 2.75) is 41.0 Å². The first kappa shape index (κ1) is 15.7. The first-order valence-electron chi connectivity index (χ1n) is 7.81. The predicted octanol–water partition coefficient (Wildman–Crippen LogP) is 2.51. The standard InChI is InChI=1S/C18H21NO4/c1-8-6-13(21)23-10(3)14(8)17(22)19-9(2)15-12(20)7-11-16(15)18(11,4)5/h6,11,16H,7H2,1-5H3,(H,19,22). The van der Waals surface area contributed by atoms with E-state index in [-0.39, 0.29) is 28.8 Å². The zero-order chi connectivity index (χ0) is 17.1. The number of hydrogen-bond acceptors (Lipinski definition) is 4. The molecular weight excluding hydrogens is 294 g/mol. The van der Waals surface area contributed by atoms with Gasteiger partial charge in [0.2, 0.25) is 0 Å². The molecule has 3 rings (SSSR count). The van der Waals surface area contributed by atoms with Gasteiger partial charge in [0.25, 0.3) is 5.91 Å². The van der Waals surface area contributed by atoms with Gasteiger partial charge in [-0.1, -0.05) is 13.8 Å². The SMILES string of the molecule is CC(NC(=O)c1c(C)cc(=O)oc1C)=C1C(=O)CC2C1C2(C)C. The molecule has 1 aromatic rings. The molecule has 1 N–H and O–H groups in total. The molecule has 23 heavy (non-hydrogen) atoms. The van der Waals surface area contributed by atoms with Crippen LogP contribution in [-0.2, 0) is 4.79 Å². The summed E-state index contributed by atoms with van der Waals surface area (Å²) in [4.78, 5) is 36.0. The predicted molar refractivity (Wildman–Crippen MR) is 85.0 cm³/mol. The van der Waals surface area contributed by atoms with E-state index in [1.54, 1.807) is 20.8 Å². The minimum absolute atomic E-state index is 0.130. The number of amides is 1. The van der Waals surface area contributed by atoms with Gasteiger partial charge in [-0.05, 0) is 43.6 Å². The first-order chi connectivity index (χ1) is 10.6. The van der Waals surface area contributed by atoms with Crippen LogP contribution in [0, 0.1) is 31.1 Å². The highest BCUT2D eigenvalue weighted by molar-refractivity contribution is 6.03. The average Bonchev–Trinajstić information content (AvgIpc) is 2.77. The van der Waals surface area contributed by atoms with Gasteiger partial charge >= 0.3 is 5.63 Å². The molecule has 1 heterocycles. The van der Waals surface area contributed by atoms with Crippen LogP contribution in [0.5, 0.6) is 0 Å². The van der Waals surface area contributed by atoms with Crippen molar-refractivity contribution in [3.63, 3.8) is 0 Å². The van der Waals surface area contributed by atoms with Gasteiger partial charge in [-0.15, -0.1) is 0 Å². The van der Waals surface area contributed by atoms with E-state index in [0.717, 1.165) is 5.57 Å². The molecule has 2 atom stereocenters. The van der Waals surface area contributed by atoms with Gasteiger partial charge in [-0.25, -0.2) is 4.79 Å². The van der Waals surface area contributed by atoms with Crippen molar-refractivity contribution in [3.8, 4) is 0 Å². The molecule has 2 aliphatic rings. The van der Waals surface area contributed by atoms with Crippen molar-refractivity contribution in [3.05, 3.63) is 44.6 Å². The minimum Gasteiger partial charge on any atom is -0.427 e. The molecule has 0 saturated heterocycles. The number of nitrogens with one attached hydrogen (secondary N) is 1. The van der Waals surface area contributed by atoms with Gasteiger partial charge in [0.1, 0.15) is 5.76 Å². The minimum atomic E-state index is -0.472. The summed E-state index contributed by atoms with van der Waals surface area (Å²) in [5.41, 5.74) is 1.95. The molecule has 2 aliphatic carbocycles. The van der Waals surface area contributed by atoms with Crippen molar-refractivity contribution in [2.24, 2.45) is 17.3 Å². The molecule has 1 amide bonds. The summed E-state index contributed by atoms with van der Waals surface area (Å²) in [6.07, 6.45) is 0.568. The fraction of sp³-hybridized carbons (Fsp3) is 0.500. The van der Waals surface area contributed by atoms with Gasteiger partial charge in [-0.3, -0.25) is 9.59 Å². The van der Waals surface area contributed by atoms with Gasteiger partial charge in [0, 0.05) is 23.8 Å². The number of Topliss-reactive ketones (excluding diaryl/α,β-unsaturated/α-hetero) is 1. The zero-order valence-electron chi connectivity index (χ0n) is 14.1. The number of aryl methyl sites for hydroxylation is 2. The summed E-state index contributed by atoms with van der Waals surface area (Å²) in [5.74, 6) is 0.711. The zero-order valence-corrected chi connectivity index (χ0v) is 14.1. The quantitative estimate of drug-likeness (QED) is 0.851. The fourth-order valence-corrected chi connectivity index (χ4v) is 4.02. The van der Waals surface area contributed by atoms with Crippen LogP contribution in [0.3, 0.4) is 0 Å². The van der Waals surface area contributed by atoms with Crippen molar-refractivity contribution < 1.29 is 14.0 Å². The third-order valence-corrected chi connectivity index (χ3v) is 5.33. The molecular formula is C18H21NO4. The van der Waals surface area contributed by atoms with E-state index < -0.39 is 5.63 Å². The van der Waals surface area contributed by atoms with E-state index in [9.17, 15) is 14.4 Å². The summed E-state index contributed by atoms with van der Waals surface area (Å²) in [7, 11) is 0. The second-order valence-electron chi connectivity index (χ2n) is 7.21. The second-order valence-corrected chi connectivity index (χ2v) is 7.21. The van der Waals surface area contributed by atoms with E-state index in [1.807, 2.05) is 0 Å².